The predicted molar refractivity (Wildman–Crippen MR) is 105 cm³/mol. The molecule has 27 heavy (non-hydrogen) atoms. The number of thioether (sulfide) groups is 1. The number of sulfonamides is 1. The van der Waals surface area contributed by atoms with Crippen LogP contribution in [0.2, 0.25) is 5.02 Å². The molecule has 144 valence electrons. The maximum absolute atomic E-state index is 12.6. The molecule has 0 saturated carbocycles. The maximum Gasteiger partial charge on any atom is 0.244 e. The van der Waals surface area contributed by atoms with E-state index >= 15 is 0 Å². The Labute approximate surface area is 167 Å². The van der Waals surface area contributed by atoms with Crippen LogP contribution in [0.5, 0.6) is 0 Å². The molecule has 2 aromatic rings. The number of carbonyl (C=O) groups excluding carboxylic acids is 1. The number of aromatic nitrogens is 1. The molecular formula is C18H19ClN2O4S2. The number of ketones is 1. The predicted octanol–water partition coefficient (Wildman–Crippen LogP) is 3.12. The number of ether oxygens (including phenoxy) is 1. The molecule has 2 heterocycles. The summed E-state index contributed by atoms with van der Waals surface area (Å²) in [5.41, 5.74) is 0.536. The molecule has 1 atom stereocenters. The third-order valence-corrected chi connectivity index (χ3v) is 7.26. The van der Waals surface area contributed by atoms with E-state index in [0.717, 1.165) is 0 Å². The first-order valence-corrected chi connectivity index (χ1v) is 11.1. The molecule has 6 nitrogen and oxygen atoms in total. The molecule has 0 bridgehead atoms. The molecule has 0 N–H and O–H groups in total. The van der Waals surface area contributed by atoms with E-state index in [1.54, 1.807) is 37.3 Å². The smallest absolute Gasteiger partial charge is 0.244 e. The van der Waals surface area contributed by atoms with Crippen molar-refractivity contribution in [3.05, 3.63) is 53.2 Å². The number of hydrogen-bond acceptors (Lipinski definition) is 6. The Bertz CT molecular complexity index is 913. The minimum absolute atomic E-state index is 0.0608. The molecule has 3 rings (SSSR count). The Morgan fingerprint density at radius 1 is 1.26 bits per heavy atom. The number of morpholine rings is 1. The highest BCUT2D eigenvalue weighted by Gasteiger charge is 2.26. The summed E-state index contributed by atoms with van der Waals surface area (Å²) < 4.78 is 31.8. The quantitative estimate of drug-likeness (QED) is 0.521. The van der Waals surface area contributed by atoms with E-state index in [0.29, 0.717) is 41.9 Å². The largest absolute Gasteiger partial charge is 0.379 e. The van der Waals surface area contributed by atoms with Crippen LogP contribution in [0.4, 0.5) is 0 Å². The van der Waals surface area contributed by atoms with Crippen molar-refractivity contribution in [3.63, 3.8) is 0 Å². The molecule has 0 aliphatic carbocycles. The van der Waals surface area contributed by atoms with Crippen molar-refractivity contribution in [2.75, 3.05) is 26.3 Å². The van der Waals surface area contributed by atoms with Crippen LogP contribution < -0.4 is 0 Å². The summed E-state index contributed by atoms with van der Waals surface area (Å²) in [5, 5.41) is 0.713. The monoisotopic (exact) mass is 426 g/mol. The molecular weight excluding hydrogens is 408 g/mol. The van der Waals surface area contributed by atoms with Gasteiger partial charge in [-0.05, 0) is 31.2 Å². The second-order valence-electron chi connectivity index (χ2n) is 5.98. The van der Waals surface area contributed by atoms with E-state index in [2.05, 4.69) is 4.98 Å². The Morgan fingerprint density at radius 3 is 2.63 bits per heavy atom. The van der Waals surface area contributed by atoms with Crippen LogP contribution in [0, 0.1) is 0 Å². The third kappa shape index (κ3) is 4.89. The van der Waals surface area contributed by atoms with Gasteiger partial charge in [0.2, 0.25) is 10.0 Å². The fourth-order valence-corrected chi connectivity index (χ4v) is 5.05. The first-order valence-electron chi connectivity index (χ1n) is 8.38. The van der Waals surface area contributed by atoms with Gasteiger partial charge in [-0.15, -0.1) is 0 Å². The normalized spacial score (nSPS) is 16.8. The van der Waals surface area contributed by atoms with E-state index < -0.39 is 10.0 Å². The van der Waals surface area contributed by atoms with Crippen molar-refractivity contribution in [1.82, 2.24) is 9.29 Å². The molecule has 1 fully saturated rings. The number of Topliss-reactive ketones (excluding diaryl/α,β-unsaturated/α-hetero) is 1. The Kier molecular flexibility index (Phi) is 6.54. The SMILES string of the molecule is C[C@@H](Sc1ccc(S(=O)(=O)N2CCOCC2)cn1)C(=O)c1cccc(Cl)c1. The van der Waals surface area contributed by atoms with Gasteiger partial charge < -0.3 is 4.74 Å². The van der Waals surface area contributed by atoms with Gasteiger partial charge in [-0.25, -0.2) is 13.4 Å². The van der Waals surface area contributed by atoms with Crippen LogP contribution in [0.3, 0.4) is 0 Å². The molecule has 1 aliphatic rings. The number of pyridine rings is 1. The van der Waals surface area contributed by atoms with Crippen LogP contribution in [-0.2, 0) is 14.8 Å². The van der Waals surface area contributed by atoms with Crippen molar-refractivity contribution in [2.45, 2.75) is 22.1 Å². The average molecular weight is 427 g/mol. The van der Waals surface area contributed by atoms with Gasteiger partial charge in [0, 0.05) is 29.9 Å². The Morgan fingerprint density at radius 2 is 2.00 bits per heavy atom. The van der Waals surface area contributed by atoms with Gasteiger partial charge in [0.25, 0.3) is 0 Å². The zero-order valence-electron chi connectivity index (χ0n) is 14.7. The zero-order valence-corrected chi connectivity index (χ0v) is 17.1. The summed E-state index contributed by atoms with van der Waals surface area (Å²) in [6.07, 6.45) is 1.34. The fraction of sp³-hybridized carbons (Fsp3) is 0.333. The van der Waals surface area contributed by atoms with Crippen molar-refractivity contribution in [1.29, 1.82) is 0 Å². The number of carbonyl (C=O) groups is 1. The van der Waals surface area contributed by atoms with Crippen molar-refractivity contribution in [2.24, 2.45) is 0 Å². The summed E-state index contributed by atoms with van der Waals surface area (Å²) >= 11 is 7.21. The van der Waals surface area contributed by atoms with Crippen molar-refractivity contribution >= 4 is 39.2 Å². The minimum Gasteiger partial charge on any atom is -0.379 e. The third-order valence-electron chi connectivity index (χ3n) is 4.09. The summed E-state index contributed by atoms with van der Waals surface area (Å²) in [6, 6.07) is 9.95. The first kappa shape index (κ1) is 20.3. The standard InChI is InChI=1S/C18H19ClN2O4S2/c1-13(18(22)14-3-2-4-15(19)11-14)26-17-6-5-16(12-20-17)27(23,24)21-7-9-25-10-8-21/h2-6,11-13H,7-10H2,1H3/t13-/m1/s1. The molecule has 1 aromatic heterocycles. The van der Waals surface area contributed by atoms with Crippen molar-refractivity contribution < 1.29 is 17.9 Å². The summed E-state index contributed by atoms with van der Waals surface area (Å²) in [7, 11) is -3.57. The highest BCUT2D eigenvalue weighted by Crippen LogP contribution is 2.26. The molecule has 1 saturated heterocycles. The first-order chi connectivity index (χ1) is 12.9. The molecule has 1 aliphatic heterocycles. The van der Waals surface area contributed by atoms with Gasteiger partial charge in [-0.3, -0.25) is 4.79 Å². The van der Waals surface area contributed by atoms with Crippen LogP contribution >= 0.6 is 23.4 Å². The lowest BCUT2D eigenvalue weighted by atomic mass is 10.1. The number of hydrogen-bond donors (Lipinski definition) is 0. The highest BCUT2D eigenvalue weighted by atomic mass is 35.5. The second-order valence-corrected chi connectivity index (χ2v) is 9.72. The highest BCUT2D eigenvalue weighted by molar-refractivity contribution is 8.00. The molecule has 0 radical (unpaired) electrons. The number of halogens is 1. The topological polar surface area (TPSA) is 76.6 Å². The summed E-state index contributed by atoms with van der Waals surface area (Å²) in [4.78, 5) is 16.9. The number of rotatable bonds is 6. The van der Waals surface area contributed by atoms with Gasteiger partial charge in [0.1, 0.15) is 4.90 Å². The van der Waals surface area contributed by atoms with Crippen LogP contribution in [0.15, 0.2) is 52.5 Å². The lowest BCUT2D eigenvalue weighted by Crippen LogP contribution is -2.40. The molecule has 1 aromatic carbocycles. The van der Waals surface area contributed by atoms with Crippen LogP contribution in [0.25, 0.3) is 0 Å². The second kappa shape index (κ2) is 8.70. The maximum atomic E-state index is 12.6. The molecule has 0 amide bonds. The van der Waals surface area contributed by atoms with Gasteiger partial charge in [-0.1, -0.05) is 35.5 Å². The number of benzene rings is 1. The van der Waals surface area contributed by atoms with E-state index in [4.69, 9.17) is 16.3 Å². The Hall–Kier alpha value is -1.45. The van der Waals surface area contributed by atoms with Gasteiger partial charge >= 0.3 is 0 Å². The summed E-state index contributed by atoms with van der Waals surface area (Å²) in [6.45, 7) is 3.25. The molecule has 9 heteroatoms. The van der Waals surface area contributed by atoms with E-state index in [1.807, 2.05) is 0 Å². The lowest BCUT2D eigenvalue weighted by Gasteiger charge is -2.25. The number of nitrogens with zero attached hydrogens (tertiary/aromatic N) is 2. The average Bonchev–Trinajstić information content (AvgIpc) is 2.68. The summed E-state index contributed by atoms with van der Waals surface area (Å²) in [5.74, 6) is -0.0608. The van der Waals surface area contributed by atoms with Crippen molar-refractivity contribution in [3.8, 4) is 0 Å². The van der Waals surface area contributed by atoms with E-state index in [1.165, 1.54) is 28.3 Å². The van der Waals surface area contributed by atoms with Gasteiger partial charge in [0.05, 0.1) is 23.5 Å². The minimum atomic E-state index is -3.57. The lowest BCUT2D eigenvalue weighted by molar-refractivity contribution is 0.0730. The van der Waals surface area contributed by atoms with E-state index in [9.17, 15) is 13.2 Å². The van der Waals surface area contributed by atoms with E-state index in [-0.39, 0.29) is 15.9 Å². The molecule has 0 spiro atoms. The van der Waals surface area contributed by atoms with Gasteiger partial charge in [0.15, 0.2) is 5.78 Å². The van der Waals surface area contributed by atoms with Crippen LogP contribution in [-0.4, -0.2) is 55.0 Å². The zero-order chi connectivity index (χ0) is 19.4. The van der Waals surface area contributed by atoms with Crippen LogP contribution in [0.1, 0.15) is 17.3 Å². The fourth-order valence-electron chi connectivity index (χ4n) is 2.64. The molecule has 0 unspecified atom stereocenters. The Balaban J connectivity index is 1.69. The van der Waals surface area contributed by atoms with Gasteiger partial charge in [-0.2, -0.15) is 4.31 Å².